The molecule has 0 aliphatic heterocycles. The summed E-state index contributed by atoms with van der Waals surface area (Å²) in [7, 11) is 0. The quantitative estimate of drug-likeness (QED) is 0.401. The number of carbonyl (C=O) groups is 2. The molecule has 0 unspecified atom stereocenters. The Hall–Kier alpha value is -4.08. The maximum Gasteiger partial charge on any atom is 0.340 e. The van der Waals surface area contributed by atoms with E-state index in [-0.39, 0.29) is 42.5 Å². The topological polar surface area (TPSA) is 143 Å². The number of benzene rings is 1. The number of hydrogen-bond donors (Lipinski definition) is 3. The lowest BCUT2D eigenvalue weighted by atomic mass is 10.1. The molecule has 0 fully saturated rings. The van der Waals surface area contributed by atoms with Gasteiger partial charge in [-0.15, -0.1) is 0 Å². The summed E-state index contributed by atoms with van der Waals surface area (Å²) in [6.45, 7) is 7.49. The van der Waals surface area contributed by atoms with Gasteiger partial charge in [0.2, 0.25) is 0 Å². The third-order valence-electron chi connectivity index (χ3n) is 5.78. The first kappa shape index (κ1) is 25.5. The molecule has 1 aromatic carbocycles. The van der Waals surface area contributed by atoms with Gasteiger partial charge in [-0.3, -0.25) is 24.0 Å². The molecule has 2 heterocycles. The van der Waals surface area contributed by atoms with E-state index in [1.54, 1.807) is 20.8 Å². The van der Waals surface area contributed by atoms with Crippen molar-refractivity contribution in [2.24, 2.45) is 0 Å². The molecule has 0 spiro atoms. The second-order valence-corrected chi connectivity index (χ2v) is 8.22. The Morgan fingerprint density at radius 1 is 1.09 bits per heavy atom. The highest BCUT2D eigenvalue weighted by molar-refractivity contribution is 6.09. The smallest absolute Gasteiger partial charge is 0.340 e. The SMILES string of the molecule is CCCCN(C(=O)c1[nH]c(C)c(C(=O)OCC)c1C)c1c(N)n(Cc2ccccc2)c(=O)[nH]c1=O. The highest BCUT2D eigenvalue weighted by Gasteiger charge is 2.30. The predicted molar refractivity (Wildman–Crippen MR) is 134 cm³/mol. The Morgan fingerprint density at radius 3 is 2.40 bits per heavy atom. The summed E-state index contributed by atoms with van der Waals surface area (Å²) >= 11 is 0. The minimum absolute atomic E-state index is 0.108. The van der Waals surface area contributed by atoms with Crippen molar-refractivity contribution in [1.29, 1.82) is 0 Å². The molecular formula is C25H31N5O5. The molecule has 4 N–H and O–H groups in total. The van der Waals surface area contributed by atoms with Crippen LogP contribution < -0.4 is 21.9 Å². The predicted octanol–water partition coefficient (Wildman–Crippen LogP) is 2.74. The normalized spacial score (nSPS) is 10.9. The number of nitrogen functional groups attached to an aromatic ring is 1. The Labute approximate surface area is 202 Å². The van der Waals surface area contributed by atoms with Crippen molar-refractivity contribution in [3.05, 3.63) is 79.2 Å². The minimum Gasteiger partial charge on any atom is -0.462 e. The maximum atomic E-state index is 13.7. The fraction of sp³-hybridized carbons (Fsp3) is 0.360. The molecule has 0 saturated carbocycles. The second-order valence-electron chi connectivity index (χ2n) is 8.22. The van der Waals surface area contributed by atoms with Crippen molar-refractivity contribution in [2.45, 2.75) is 47.1 Å². The zero-order valence-electron chi connectivity index (χ0n) is 20.4. The van der Waals surface area contributed by atoms with Crippen molar-refractivity contribution in [3.63, 3.8) is 0 Å². The largest absolute Gasteiger partial charge is 0.462 e. The van der Waals surface area contributed by atoms with E-state index in [1.165, 1.54) is 9.47 Å². The number of aromatic nitrogens is 3. The van der Waals surface area contributed by atoms with Crippen LogP contribution in [0.3, 0.4) is 0 Å². The molecule has 10 heteroatoms. The van der Waals surface area contributed by atoms with Crippen LogP contribution in [0.1, 0.15) is 64.4 Å². The molecular weight excluding hydrogens is 450 g/mol. The molecule has 1 amide bonds. The van der Waals surface area contributed by atoms with E-state index in [0.717, 1.165) is 12.0 Å². The van der Waals surface area contributed by atoms with Gasteiger partial charge in [0.25, 0.3) is 11.5 Å². The molecule has 35 heavy (non-hydrogen) atoms. The molecule has 186 valence electrons. The molecule has 0 atom stereocenters. The van der Waals surface area contributed by atoms with Crippen LogP contribution in [0, 0.1) is 13.8 Å². The lowest BCUT2D eigenvalue weighted by Gasteiger charge is -2.24. The number of carbonyl (C=O) groups excluding carboxylic acids is 2. The molecule has 2 aromatic heterocycles. The van der Waals surface area contributed by atoms with Crippen molar-refractivity contribution >= 4 is 23.4 Å². The van der Waals surface area contributed by atoms with E-state index in [2.05, 4.69) is 9.97 Å². The first-order valence-electron chi connectivity index (χ1n) is 11.6. The summed E-state index contributed by atoms with van der Waals surface area (Å²) in [6.07, 6.45) is 1.34. The highest BCUT2D eigenvalue weighted by atomic mass is 16.5. The zero-order chi connectivity index (χ0) is 25.7. The van der Waals surface area contributed by atoms with Crippen molar-refractivity contribution < 1.29 is 14.3 Å². The fourth-order valence-electron chi connectivity index (χ4n) is 4.00. The summed E-state index contributed by atoms with van der Waals surface area (Å²) in [4.78, 5) is 58.2. The average Bonchev–Trinajstić information content (AvgIpc) is 3.12. The monoisotopic (exact) mass is 481 g/mol. The Balaban J connectivity index is 2.12. The van der Waals surface area contributed by atoms with Crippen LogP contribution in [0.25, 0.3) is 0 Å². The number of unbranched alkanes of at least 4 members (excludes halogenated alkanes) is 1. The standard InChI is InChI=1S/C25H31N5O5/c1-5-7-13-29(23(32)19-15(3)18(16(4)27-19)24(33)35-6-2)20-21(26)30(25(34)28-22(20)31)14-17-11-9-8-10-12-17/h8-12,27H,5-7,13-14,26H2,1-4H3,(H,28,31,34). The van der Waals surface area contributed by atoms with Crippen molar-refractivity contribution in [2.75, 3.05) is 23.8 Å². The number of hydrogen-bond acceptors (Lipinski definition) is 6. The Bertz CT molecular complexity index is 1340. The van der Waals surface area contributed by atoms with Gasteiger partial charge in [-0.25, -0.2) is 9.59 Å². The summed E-state index contributed by atoms with van der Waals surface area (Å²) in [5, 5.41) is 0. The first-order valence-corrected chi connectivity index (χ1v) is 11.6. The van der Waals surface area contributed by atoms with Crippen LogP contribution in [0.2, 0.25) is 0 Å². The number of aromatic amines is 2. The van der Waals surface area contributed by atoms with E-state index in [1.807, 2.05) is 37.3 Å². The summed E-state index contributed by atoms with van der Waals surface area (Å²) in [5.74, 6) is -1.18. The molecule has 0 aliphatic rings. The molecule has 3 rings (SSSR count). The van der Waals surface area contributed by atoms with Gasteiger partial charge in [0.1, 0.15) is 11.5 Å². The van der Waals surface area contributed by atoms with Crippen LogP contribution in [-0.4, -0.2) is 39.6 Å². The van der Waals surface area contributed by atoms with Crippen LogP contribution in [0.5, 0.6) is 0 Å². The lowest BCUT2D eigenvalue weighted by molar-refractivity contribution is 0.0525. The summed E-state index contributed by atoms with van der Waals surface area (Å²) in [5.41, 5.74) is 6.95. The summed E-state index contributed by atoms with van der Waals surface area (Å²) < 4.78 is 6.35. The van der Waals surface area contributed by atoms with E-state index in [9.17, 15) is 19.2 Å². The van der Waals surface area contributed by atoms with Gasteiger partial charge in [-0.2, -0.15) is 0 Å². The number of ether oxygens (including phenoxy) is 1. The van der Waals surface area contributed by atoms with Crippen molar-refractivity contribution in [3.8, 4) is 0 Å². The van der Waals surface area contributed by atoms with Gasteiger partial charge in [-0.05, 0) is 38.3 Å². The second kappa shape index (κ2) is 10.9. The first-order chi connectivity index (χ1) is 16.7. The molecule has 0 bridgehead atoms. The summed E-state index contributed by atoms with van der Waals surface area (Å²) in [6, 6.07) is 9.18. The van der Waals surface area contributed by atoms with Crippen LogP contribution >= 0.6 is 0 Å². The van der Waals surface area contributed by atoms with Crippen LogP contribution in [0.15, 0.2) is 39.9 Å². The molecule has 10 nitrogen and oxygen atoms in total. The van der Waals surface area contributed by atoms with Crippen LogP contribution in [0.4, 0.5) is 11.5 Å². The zero-order valence-corrected chi connectivity index (χ0v) is 20.4. The number of anilines is 2. The fourth-order valence-corrected chi connectivity index (χ4v) is 4.00. The average molecular weight is 482 g/mol. The van der Waals surface area contributed by atoms with Gasteiger partial charge < -0.3 is 15.5 Å². The van der Waals surface area contributed by atoms with E-state index in [0.29, 0.717) is 17.7 Å². The third-order valence-corrected chi connectivity index (χ3v) is 5.78. The molecule has 3 aromatic rings. The number of nitrogens with two attached hydrogens (primary N) is 1. The highest BCUT2D eigenvalue weighted by Crippen LogP contribution is 2.25. The molecule has 0 radical (unpaired) electrons. The van der Waals surface area contributed by atoms with Gasteiger partial charge in [-0.1, -0.05) is 43.7 Å². The maximum absolute atomic E-state index is 13.7. The number of H-pyrrole nitrogens is 2. The Kier molecular flexibility index (Phi) is 7.95. The number of aryl methyl sites for hydroxylation is 1. The number of nitrogens with zero attached hydrogens (tertiary/aromatic N) is 2. The van der Waals surface area contributed by atoms with Gasteiger partial charge in [0, 0.05) is 12.2 Å². The van der Waals surface area contributed by atoms with Gasteiger partial charge >= 0.3 is 11.7 Å². The van der Waals surface area contributed by atoms with Gasteiger partial charge in [0.05, 0.1) is 18.7 Å². The van der Waals surface area contributed by atoms with E-state index < -0.39 is 23.1 Å². The van der Waals surface area contributed by atoms with E-state index >= 15 is 0 Å². The molecule has 0 aliphatic carbocycles. The van der Waals surface area contributed by atoms with E-state index in [4.69, 9.17) is 10.5 Å². The number of esters is 1. The van der Waals surface area contributed by atoms with Crippen molar-refractivity contribution in [1.82, 2.24) is 14.5 Å². The third kappa shape index (κ3) is 5.21. The Morgan fingerprint density at radius 2 is 1.77 bits per heavy atom. The minimum atomic E-state index is -0.757. The number of nitrogens with one attached hydrogen (secondary N) is 2. The molecule has 0 saturated heterocycles. The van der Waals surface area contributed by atoms with Crippen LogP contribution in [-0.2, 0) is 11.3 Å². The lowest BCUT2D eigenvalue weighted by Crippen LogP contribution is -2.42. The number of rotatable bonds is 9. The van der Waals surface area contributed by atoms with Gasteiger partial charge in [0.15, 0.2) is 5.69 Å². The number of amides is 1.